The van der Waals surface area contributed by atoms with E-state index in [2.05, 4.69) is 45.7 Å². The normalized spacial score (nSPS) is 20.8. The SMILES string of the molecule is COc1ccc2c(c1)C1(CC1c1ccc3c(-c4cccc(C(=O)N5CCN(C)CC5)c4)n[nH]c3c1)C(=O)N2.O=C(O)C(F)(F)F. The summed E-state index contributed by atoms with van der Waals surface area (Å²) in [4.78, 5) is 39.3. The van der Waals surface area contributed by atoms with Crippen molar-refractivity contribution in [3.05, 3.63) is 77.4 Å². The molecule has 1 aliphatic carbocycles. The number of nitrogens with zero attached hydrogens (tertiary/aromatic N) is 3. The molecule has 0 radical (unpaired) electrons. The van der Waals surface area contributed by atoms with Gasteiger partial charge in [0.05, 0.1) is 23.7 Å². The lowest BCUT2D eigenvalue weighted by Gasteiger charge is -2.32. The van der Waals surface area contributed by atoms with Gasteiger partial charge >= 0.3 is 12.1 Å². The van der Waals surface area contributed by atoms with Gasteiger partial charge in [-0.25, -0.2) is 4.79 Å². The fourth-order valence-corrected chi connectivity index (χ4v) is 6.16. The molecule has 2 amide bonds. The third-order valence-electron chi connectivity index (χ3n) is 8.73. The number of anilines is 1. The Morgan fingerprint density at radius 3 is 2.47 bits per heavy atom. The highest BCUT2D eigenvalue weighted by Gasteiger charge is 2.65. The average Bonchev–Trinajstić information content (AvgIpc) is 3.55. The number of halogens is 3. The fraction of sp³-hybridized carbons (Fsp3) is 0.312. The summed E-state index contributed by atoms with van der Waals surface area (Å²) >= 11 is 0. The van der Waals surface area contributed by atoms with Crippen LogP contribution in [-0.2, 0) is 15.0 Å². The maximum absolute atomic E-state index is 13.1. The van der Waals surface area contributed by atoms with Crippen LogP contribution in [-0.4, -0.2) is 89.4 Å². The Hall–Kier alpha value is -4.91. The number of alkyl halides is 3. The number of amides is 2. The summed E-state index contributed by atoms with van der Waals surface area (Å²) in [5.74, 6) is -1.79. The number of carbonyl (C=O) groups is 3. The molecule has 13 heteroatoms. The van der Waals surface area contributed by atoms with E-state index in [0.29, 0.717) is 5.56 Å². The van der Waals surface area contributed by atoms with Crippen LogP contribution in [0.4, 0.5) is 18.9 Å². The number of carbonyl (C=O) groups excluding carboxylic acids is 2. The van der Waals surface area contributed by atoms with Crippen molar-refractivity contribution in [2.24, 2.45) is 0 Å². The molecule has 7 rings (SSSR count). The molecule has 3 heterocycles. The zero-order valence-corrected chi connectivity index (χ0v) is 24.4. The Morgan fingerprint density at radius 2 is 1.78 bits per heavy atom. The third-order valence-corrected chi connectivity index (χ3v) is 8.73. The summed E-state index contributed by atoms with van der Waals surface area (Å²) in [5, 5.41) is 19.0. The lowest BCUT2D eigenvalue weighted by molar-refractivity contribution is -0.192. The van der Waals surface area contributed by atoms with E-state index in [9.17, 15) is 22.8 Å². The van der Waals surface area contributed by atoms with Gasteiger partial charge in [0.1, 0.15) is 5.75 Å². The van der Waals surface area contributed by atoms with Crippen molar-refractivity contribution in [1.29, 1.82) is 0 Å². The minimum Gasteiger partial charge on any atom is -0.497 e. The molecule has 2 fully saturated rings. The van der Waals surface area contributed by atoms with Crippen LogP contribution < -0.4 is 10.1 Å². The number of aromatic nitrogens is 2. The van der Waals surface area contributed by atoms with Crippen LogP contribution in [0, 0.1) is 0 Å². The maximum Gasteiger partial charge on any atom is 0.490 e. The molecule has 1 aromatic heterocycles. The van der Waals surface area contributed by atoms with Crippen LogP contribution >= 0.6 is 0 Å². The van der Waals surface area contributed by atoms with Crippen molar-refractivity contribution in [1.82, 2.24) is 20.0 Å². The van der Waals surface area contributed by atoms with E-state index in [1.54, 1.807) is 7.11 Å². The molecule has 10 nitrogen and oxygen atoms in total. The van der Waals surface area contributed by atoms with Crippen LogP contribution in [0.25, 0.3) is 22.2 Å². The molecule has 1 spiro atoms. The van der Waals surface area contributed by atoms with Gasteiger partial charge in [-0.15, -0.1) is 0 Å². The summed E-state index contributed by atoms with van der Waals surface area (Å²) in [6.07, 6.45) is -4.32. The van der Waals surface area contributed by atoms with Crippen LogP contribution in [0.3, 0.4) is 0 Å². The number of likely N-dealkylation sites (N-methyl/N-ethyl adjacent to an activating group) is 1. The maximum atomic E-state index is 13.1. The zero-order chi connectivity index (χ0) is 32.1. The fourth-order valence-electron chi connectivity index (χ4n) is 6.16. The molecule has 0 bridgehead atoms. The summed E-state index contributed by atoms with van der Waals surface area (Å²) in [7, 11) is 3.73. The minimum atomic E-state index is -5.08. The van der Waals surface area contributed by atoms with Gasteiger partial charge in [0.2, 0.25) is 5.91 Å². The highest BCUT2D eigenvalue weighted by Crippen LogP contribution is 2.65. The topological polar surface area (TPSA) is 128 Å². The number of piperazine rings is 1. The number of ether oxygens (including phenoxy) is 1. The van der Waals surface area contributed by atoms with Gasteiger partial charge in [-0.05, 0) is 61.0 Å². The smallest absolute Gasteiger partial charge is 0.490 e. The largest absolute Gasteiger partial charge is 0.497 e. The van der Waals surface area contributed by atoms with Crippen LogP contribution in [0.2, 0.25) is 0 Å². The van der Waals surface area contributed by atoms with Crippen LogP contribution in [0.15, 0.2) is 60.7 Å². The molecule has 2 unspecified atom stereocenters. The quantitative estimate of drug-likeness (QED) is 0.303. The number of hydrogen-bond donors (Lipinski definition) is 3. The number of hydrogen-bond acceptors (Lipinski definition) is 6. The molecule has 3 N–H and O–H groups in total. The molecular formula is C32H30F3N5O5. The van der Waals surface area contributed by atoms with Crippen molar-refractivity contribution in [3.63, 3.8) is 0 Å². The number of H-pyrrole nitrogens is 1. The number of nitrogens with one attached hydrogen (secondary N) is 2. The number of aromatic amines is 1. The minimum absolute atomic E-state index is 0.0537. The lowest BCUT2D eigenvalue weighted by Crippen LogP contribution is -2.47. The second-order valence-electron chi connectivity index (χ2n) is 11.5. The number of benzene rings is 3. The molecule has 1 saturated carbocycles. The van der Waals surface area contributed by atoms with E-state index in [1.165, 1.54) is 0 Å². The molecule has 2 atom stereocenters. The first-order valence-corrected chi connectivity index (χ1v) is 14.3. The number of carboxylic acids is 1. The highest BCUT2D eigenvalue weighted by molar-refractivity contribution is 6.10. The summed E-state index contributed by atoms with van der Waals surface area (Å²) in [6, 6.07) is 19.8. The van der Waals surface area contributed by atoms with E-state index in [-0.39, 0.29) is 17.7 Å². The van der Waals surface area contributed by atoms with Crippen LogP contribution in [0.5, 0.6) is 5.75 Å². The van der Waals surface area contributed by atoms with Gasteiger partial charge in [0, 0.05) is 54.3 Å². The Kier molecular flexibility index (Phi) is 7.51. The van der Waals surface area contributed by atoms with Gasteiger partial charge in [-0.2, -0.15) is 18.3 Å². The van der Waals surface area contributed by atoms with E-state index < -0.39 is 17.6 Å². The summed E-state index contributed by atoms with van der Waals surface area (Å²) in [6.45, 7) is 3.26. The van der Waals surface area contributed by atoms with Crippen molar-refractivity contribution in [3.8, 4) is 17.0 Å². The van der Waals surface area contributed by atoms with E-state index in [0.717, 1.165) is 77.3 Å². The molecule has 45 heavy (non-hydrogen) atoms. The predicted molar refractivity (Wildman–Crippen MR) is 159 cm³/mol. The third kappa shape index (κ3) is 5.48. The summed E-state index contributed by atoms with van der Waals surface area (Å²) < 4.78 is 37.2. The molecular weight excluding hydrogens is 591 g/mol. The number of aliphatic carboxylic acids is 1. The summed E-state index contributed by atoms with van der Waals surface area (Å²) in [5.41, 5.74) is 5.77. The zero-order valence-electron chi connectivity index (χ0n) is 24.4. The number of fused-ring (bicyclic) bond motifs is 3. The Bertz CT molecular complexity index is 1810. The first kappa shape index (κ1) is 30.1. The highest BCUT2D eigenvalue weighted by atomic mass is 19.4. The Morgan fingerprint density at radius 1 is 1.04 bits per heavy atom. The lowest BCUT2D eigenvalue weighted by atomic mass is 9.91. The van der Waals surface area contributed by atoms with Gasteiger partial charge in [-0.1, -0.05) is 24.3 Å². The van der Waals surface area contributed by atoms with E-state index in [1.807, 2.05) is 47.4 Å². The van der Waals surface area contributed by atoms with Crippen LogP contribution in [0.1, 0.15) is 33.8 Å². The van der Waals surface area contributed by atoms with Gasteiger partial charge in [0.25, 0.3) is 5.91 Å². The van der Waals surface area contributed by atoms with Gasteiger partial charge in [-0.3, -0.25) is 14.7 Å². The molecule has 3 aliphatic rings. The van der Waals surface area contributed by atoms with E-state index in [4.69, 9.17) is 14.6 Å². The molecule has 2 aliphatic heterocycles. The van der Waals surface area contributed by atoms with Crippen molar-refractivity contribution in [2.45, 2.75) is 23.9 Å². The molecule has 234 valence electrons. The Labute approximate surface area is 255 Å². The predicted octanol–water partition coefficient (Wildman–Crippen LogP) is 4.64. The monoisotopic (exact) mass is 621 g/mol. The molecule has 4 aromatic rings. The van der Waals surface area contributed by atoms with Crippen molar-refractivity contribution in [2.75, 3.05) is 45.7 Å². The second-order valence-corrected chi connectivity index (χ2v) is 11.5. The standard InChI is InChI=1S/C30H29N5O3.C2HF3O2/c1-34-10-12-35(13-11-34)28(36)20-5-3-4-19(14-20)27-22-8-6-18(15-26(22)32-33-27)24-17-30(24)23-16-21(38-2)7-9-25(23)31-29(30)37;3-2(4,5)1(6)7/h3-9,14-16,24H,10-13,17H2,1-2H3,(H,31,37)(H,32,33);(H,6,7). The van der Waals surface area contributed by atoms with Gasteiger partial charge in [0.15, 0.2) is 0 Å². The van der Waals surface area contributed by atoms with Gasteiger partial charge < -0.3 is 25.0 Å². The molecule has 1 saturated heterocycles. The number of carboxylic acid groups (broad SMARTS) is 1. The van der Waals surface area contributed by atoms with E-state index >= 15 is 0 Å². The van der Waals surface area contributed by atoms with Crippen molar-refractivity contribution >= 4 is 34.4 Å². The molecule has 3 aromatic carbocycles. The Balaban J connectivity index is 0.000000460. The first-order valence-electron chi connectivity index (χ1n) is 14.3. The average molecular weight is 622 g/mol. The van der Waals surface area contributed by atoms with Crippen molar-refractivity contribution < 1.29 is 37.4 Å². The number of rotatable bonds is 4. The first-order chi connectivity index (χ1) is 21.4. The number of methoxy groups -OCH3 is 1. The second kappa shape index (κ2) is 11.2.